The van der Waals surface area contributed by atoms with Crippen LogP contribution in [0.3, 0.4) is 0 Å². The Morgan fingerprint density at radius 2 is 1.59 bits per heavy atom. The second-order valence-corrected chi connectivity index (χ2v) is 8.35. The Morgan fingerprint density at radius 3 is 1.88 bits per heavy atom. The highest BCUT2D eigenvalue weighted by Crippen LogP contribution is 2.70. The molecule has 0 amide bonds. The highest BCUT2D eigenvalue weighted by Gasteiger charge is 2.60. The van der Waals surface area contributed by atoms with Crippen LogP contribution in [0.4, 0.5) is 4.39 Å². The number of rotatable bonds is 4. The number of hydrogen-bond acceptors (Lipinski definition) is 3. The zero-order valence-corrected chi connectivity index (χ0v) is 10.6. The molecular formula is C7H15FO7P2. The minimum Gasteiger partial charge on any atom is -0.368 e. The summed E-state index contributed by atoms with van der Waals surface area (Å²) in [5, 5.41) is 6.17. The van der Waals surface area contributed by atoms with Crippen molar-refractivity contribution in [1.29, 1.82) is 0 Å². The van der Waals surface area contributed by atoms with Crippen LogP contribution in [-0.2, 0) is 9.13 Å². The van der Waals surface area contributed by atoms with Gasteiger partial charge in [-0.25, -0.2) is 4.39 Å². The molecule has 17 heavy (non-hydrogen) atoms. The molecule has 1 aliphatic carbocycles. The number of alkyl halides is 1. The summed E-state index contributed by atoms with van der Waals surface area (Å²) < 4.78 is 34.9. The highest BCUT2D eigenvalue weighted by molar-refractivity contribution is 7.72. The van der Waals surface area contributed by atoms with E-state index in [0.29, 0.717) is 0 Å². The number of halogens is 1. The summed E-state index contributed by atoms with van der Waals surface area (Å²) in [6.45, 7) is 0. The maximum absolute atomic E-state index is 12.9. The van der Waals surface area contributed by atoms with Crippen LogP contribution in [-0.4, -0.2) is 35.9 Å². The lowest BCUT2D eigenvalue weighted by Gasteiger charge is -2.31. The van der Waals surface area contributed by atoms with Gasteiger partial charge in [0.1, 0.15) is 6.17 Å². The minimum atomic E-state index is -5.41. The molecule has 0 aromatic heterocycles. The maximum atomic E-state index is 12.9. The standard InChI is InChI=1S/C7H15FO7P2/c8-6-2-1-5(3-6)4-7(9,16(10,11)12)17(13,14)15/h5-6,9H,1-4H2,(H2,10,11,12)(H2,13,14,15). The first-order valence-electron chi connectivity index (χ1n) is 4.95. The molecular weight excluding hydrogens is 277 g/mol. The van der Waals surface area contributed by atoms with Gasteiger partial charge >= 0.3 is 15.2 Å². The Bertz CT molecular complexity index is 352. The molecule has 0 bridgehead atoms. The Kier molecular flexibility index (Phi) is 4.22. The van der Waals surface area contributed by atoms with E-state index >= 15 is 0 Å². The van der Waals surface area contributed by atoms with Gasteiger partial charge < -0.3 is 24.7 Å². The van der Waals surface area contributed by atoms with Crippen LogP contribution in [0.2, 0.25) is 0 Å². The van der Waals surface area contributed by atoms with Crippen LogP contribution in [0, 0.1) is 5.92 Å². The molecule has 0 radical (unpaired) electrons. The average molecular weight is 292 g/mol. The van der Waals surface area contributed by atoms with Crippen molar-refractivity contribution in [1.82, 2.24) is 0 Å². The van der Waals surface area contributed by atoms with Crippen molar-refractivity contribution >= 4 is 15.2 Å². The summed E-state index contributed by atoms with van der Waals surface area (Å²) in [5.41, 5.74) is 0. The lowest BCUT2D eigenvalue weighted by Crippen LogP contribution is -2.31. The van der Waals surface area contributed by atoms with E-state index < -0.39 is 38.8 Å². The van der Waals surface area contributed by atoms with Crippen LogP contribution in [0.25, 0.3) is 0 Å². The third-order valence-electron chi connectivity index (χ3n) is 2.97. The van der Waals surface area contributed by atoms with Crippen molar-refractivity contribution in [2.75, 3.05) is 0 Å². The largest absolute Gasteiger partial charge is 0.369 e. The van der Waals surface area contributed by atoms with Gasteiger partial charge in [0.2, 0.25) is 0 Å². The molecule has 0 heterocycles. The molecule has 0 aromatic rings. The summed E-state index contributed by atoms with van der Waals surface area (Å²) in [5.74, 6) is -0.643. The van der Waals surface area contributed by atoms with Crippen molar-refractivity contribution in [2.45, 2.75) is 36.9 Å². The first-order valence-corrected chi connectivity index (χ1v) is 8.17. The van der Waals surface area contributed by atoms with Crippen LogP contribution < -0.4 is 0 Å². The predicted molar refractivity (Wildman–Crippen MR) is 55.9 cm³/mol. The van der Waals surface area contributed by atoms with Gasteiger partial charge in [-0.15, -0.1) is 0 Å². The molecule has 5 N–H and O–H groups in total. The van der Waals surface area contributed by atoms with E-state index in [1.807, 2.05) is 0 Å². The van der Waals surface area contributed by atoms with Gasteiger partial charge in [0.25, 0.3) is 5.08 Å². The van der Waals surface area contributed by atoms with Gasteiger partial charge in [-0.05, 0) is 25.2 Å². The fraction of sp³-hybridized carbons (Fsp3) is 1.00. The predicted octanol–water partition coefficient (Wildman–Crippen LogP) is 0.516. The van der Waals surface area contributed by atoms with E-state index in [9.17, 15) is 18.6 Å². The number of aliphatic hydroxyl groups is 1. The van der Waals surface area contributed by atoms with Crippen molar-refractivity contribution in [3.63, 3.8) is 0 Å². The van der Waals surface area contributed by atoms with Gasteiger partial charge in [0, 0.05) is 6.42 Å². The Morgan fingerprint density at radius 1 is 1.12 bits per heavy atom. The van der Waals surface area contributed by atoms with E-state index in [1.165, 1.54) is 0 Å². The first-order chi connectivity index (χ1) is 7.47. The van der Waals surface area contributed by atoms with Gasteiger partial charge in [0.15, 0.2) is 0 Å². The van der Waals surface area contributed by atoms with Crippen molar-refractivity contribution < 1.29 is 38.2 Å². The van der Waals surface area contributed by atoms with E-state index in [0.717, 1.165) is 0 Å². The Labute approximate surface area is 97.0 Å². The van der Waals surface area contributed by atoms with Gasteiger partial charge in [0.05, 0.1) is 0 Å². The summed E-state index contributed by atoms with van der Waals surface area (Å²) >= 11 is 0. The smallest absolute Gasteiger partial charge is 0.368 e. The monoisotopic (exact) mass is 292 g/mol. The second-order valence-electron chi connectivity index (χ2n) is 4.34. The third kappa shape index (κ3) is 3.15. The van der Waals surface area contributed by atoms with Crippen LogP contribution in [0.15, 0.2) is 0 Å². The average Bonchev–Trinajstić information content (AvgIpc) is 2.47. The minimum absolute atomic E-state index is 0.0533. The van der Waals surface area contributed by atoms with Gasteiger partial charge in [-0.2, -0.15) is 0 Å². The van der Waals surface area contributed by atoms with Crippen molar-refractivity contribution in [3.8, 4) is 0 Å². The molecule has 102 valence electrons. The molecule has 0 spiro atoms. The lowest BCUT2D eigenvalue weighted by molar-refractivity contribution is 0.106. The molecule has 10 heteroatoms. The fourth-order valence-corrected chi connectivity index (χ4v) is 4.34. The highest BCUT2D eigenvalue weighted by atomic mass is 31.2. The molecule has 1 rings (SSSR count). The Balaban J connectivity index is 2.94. The maximum Gasteiger partial charge on any atom is 0.369 e. The van der Waals surface area contributed by atoms with E-state index in [1.54, 1.807) is 0 Å². The van der Waals surface area contributed by atoms with Crippen molar-refractivity contribution in [3.05, 3.63) is 0 Å². The molecule has 7 nitrogen and oxygen atoms in total. The molecule has 0 saturated heterocycles. The summed E-state index contributed by atoms with van der Waals surface area (Å²) in [7, 11) is -10.8. The molecule has 1 aliphatic rings. The molecule has 1 saturated carbocycles. The molecule has 0 aliphatic heterocycles. The summed E-state index contributed by atoms with van der Waals surface area (Å²) in [6.07, 6.45) is -1.60. The topological polar surface area (TPSA) is 135 Å². The summed E-state index contributed by atoms with van der Waals surface area (Å²) in [6, 6.07) is 0. The first kappa shape index (κ1) is 15.2. The van der Waals surface area contributed by atoms with E-state index in [4.69, 9.17) is 19.6 Å². The normalized spacial score (nSPS) is 27.4. The molecule has 0 aromatic carbocycles. The van der Waals surface area contributed by atoms with E-state index in [-0.39, 0.29) is 19.3 Å². The molecule has 2 atom stereocenters. The quantitative estimate of drug-likeness (QED) is 0.476. The van der Waals surface area contributed by atoms with E-state index in [2.05, 4.69) is 0 Å². The van der Waals surface area contributed by atoms with Crippen molar-refractivity contribution in [2.24, 2.45) is 5.92 Å². The number of hydrogen-bond donors (Lipinski definition) is 5. The fourth-order valence-electron chi connectivity index (χ4n) is 1.99. The lowest BCUT2D eigenvalue weighted by atomic mass is 10.0. The molecule has 1 fully saturated rings. The van der Waals surface area contributed by atoms with Gasteiger partial charge in [-0.1, -0.05) is 0 Å². The molecule has 2 unspecified atom stereocenters. The SMILES string of the molecule is O=P(O)(O)C(O)(CC1CCC(F)C1)P(=O)(O)O. The third-order valence-corrected chi connectivity index (χ3v) is 6.77. The second kappa shape index (κ2) is 4.70. The van der Waals surface area contributed by atoms with Crippen LogP contribution in [0.5, 0.6) is 0 Å². The van der Waals surface area contributed by atoms with Crippen LogP contribution >= 0.6 is 15.2 Å². The summed E-state index contributed by atoms with van der Waals surface area (Å²) in [4.78, 5) is 35.5. The zero-order chi connectivity index (χ0) is 13.5. The Hall–Kier alpha value is 0.190. The van der Waals surface area contributed by atoms with Gasteiger partial charge in [-0.3, -0.25) is 9.13 Å². The zero-order valence-electron chi connectivity index (χ0n) is 8.81. The van der Waals surface area contributed by atoms with Crippen LogP contribution in [0.1, 0.15) is 25.7 Å².